The second-order valence-corrected chi connectivity index (χ2v) is 16.6. The highest BCUT2D eigenvalue weighted by molar-refractivity contribution is 6.61. The average Bonchev–Trinajstić information content (AvgIpc) is 2.83. The van der Waals surface area contributed by atoms with E-state index in [4.69, 9.17) is 27.2 Å². The number of rotatable bonds is 19. The molecule has 0 spiro atoms. The van der Waals surface area contributed by atoms with Gasteiger partial charge in [0.15, 0.2) is 0 Å². The molecule has 0 N–H and O–H groups in total. The molecule has 0 fully saturated rings. The standard InChI is InChI=1S/C37H58O6Si2/c1-16-25-33(6,7)38-32(39-34(8,9)26-17-2)40-44-30-23-21-22-24-31-45(41-35(10,11)27-18-3,42-36(12,13)28-19-4)43-37(14,15)29-20-5/h32H,21-24,30-31H2,1-15H3. The van der Waals surface area contributed by atoms with Gasteiger partial charge in [-0.3, -0.25) is 0 Å². The fraction of sp³-hybridized carbons (Fsp3) is 0.730. The minimum absolute atomic E-state index is 0.209. The normalized spacial score (nSPS) is 12.4. The number of hydrogen-bond donors (Lipinski definition) is 0. The Kier molecular flexibility index (Phi) is 18.7. The first-order chi connectivity index (χ1) is 20.7. The zero-order chi connectivity index (χ0) is 34.8. The molecule has 6 nitrogen and oxygen atoms in total. The minimum atomic E-state index is -3.35. The van der Waals surface area contributed by atoms with Crippen molar-refractivity contribution in [2.24, 2.45) is 0 Å². The summed E-state index contributed by atoms with van der Waals surface area (Å²) in [5.74, 6) is 30.4. The second-order valence-electron chi connectivity index (χ2n) is 13.1. The summed E-state index contributed by atoms with van der Waals surface area (Å²) in [6.07, 6.45) is 3.84. The lowest BCUT2D eigenvalue weighted by atomic mass is 10.1. The van der Waals surface area contributed by atoms with Gasteiger partial charge < -0.3 is 27.2 Å². The van der Waals surface area contributed by atoms with Crippen molar-refractivity contribution in [3.05, 3.63) is 0 Å². The van der Waals surface area contributed by atoms with Gasteiger partial charge >= 0.3 is 8.80 Å². The van der Waals surface area contributed by atoms with Crippen molar-refractivity contribution in [2.45, 2.75) is 176 Å². The zero-order valence-electron chi connectivity index (χ0n) is 30.8. The molecule has 0 aliphatic heterocycles. The topological polar surface area (TPSA) is 55.4 Å². The third kappa shape index (κ3) is 20.0. The SMILES string of the molecule is CC#CC(C)(C)OC(O[Si]CCCCCC[Si](OC(C)(C)C#CC)(OC(C)(C)C#CC)OC(C)(C)C#CC)OC(C)(C)C#CC. The molecule has 0 atom stereocenters. The molecular weight excluding hydrogens is 597 g/mol. The quantitative estimate of drug-likeness (QED) is 0.0611. The molecular formula is C37H58O6Si2. The highest BCUT2D eigenvalue weighted by Gasteiger charge is 2.51. The summed E-state index contributed by atoms with van der Waals surface area (Å²) in [5.41, 5.74) is -3.72. The van der Waals surface area contributed by atoms with Crippen LogP contribution in [0.2, 0.25) is 12.1 Å². The first-order valence-corrected chi connectivity index (χ1v) is 18.8. The summed E-state index contributed by atoms with van der Waals surface area (Å²) in [7, 11) is -3.14. The van der Waals surface area contributed by atoms with Crippen LogP contribution < -0.4 is 0 Å². The van der Waals surface area contributed by atoms with Crippen LogP contribution in [0.25, 0.3) is 0 Å². The fourth-order valence-corrected chi connectivity index (χ4v) is 8.94. The van der Waals surface area contributed by atoms with E-state index >= 15 is 0 Å². The molecule has 8 heteroatoms. The smallest absolute Gasteiger partial charge is 0.372 e. The number of hydrogen-bond acceptors (Lipinski definition) is 6. The Morgan fingerprint density at radius 3 is 1.18 bits per heavy atom. The molecule has 0 rings (SSSR count). The monoisotopic (exact) mass is 654 g/mol. The highest BCUT2D eigenvalue weighted by atomic mass is 28.4. The minimum Gasteiger partial charge on any atom is -0.372 e. The zero-order valence-corrected chi connectivity index (χ0v) is 32.8. The molecule has 250 valence electrons. The Hall–Kier alpha value is -2.01. The highest BCUT2D eigenvalue weighted by Crippen LogP contribution is 2.33. The van der Waals surface area contributed by atoms with Crippen LogP contribution in [-0.2, 0) is 27.2 Å². The van der Waals surface area contributed by atoms with Gasteiger partial charge in [0.05, 0.1) is 0 Å². The van der Waals surface area contributed by atoms with E-state index in [0.717, 1.165) is 31.7 Å². The van der Waals surface area contributed by atoms with E-state index in [9.17, 15) is 0 Å². The molecule has 0 unspecified atom stereocenters. The molecule has 0 aliphatic rings. The fourth-order valence-electron chi connectivity index (χ4n) is 4.59. The summed E-state index contributed by atoms with van der Waals surface area (Å²) in [5, 5.41) is 0. The van der Waals surface area contributed by atoms with Gasteiger partial charge in [0, 0.05) is 6.04 Å². The van der Waals surface area contributed by atoms with Crippen molar-refractivity contribution >= 4 is 18.6 Å². The summed E-state index contributed by atoms with van der Waals surface area (Å²) in [6.45, 7) is 27.4. The molecule has 0 saturated carbocycles. The Labute approximate surface area is 280 Å². The Morgan fingerprint density at radius 1 is 0.489 bits per heavy atom. The molecule has 0 aromatic carbocycles. The molecule has 2 radical (unpaired) electrons. The van der Waals surface area contributed by atoms with E-state index in [-0.39, 0.29) is 9.76 Å². The van der Waals surface area contributed by atoms with Gasteiger partial charge in [-0.2, -0.15) is 0 Å². The molecule has 0 saturated heterocycles. The summed E-state index contributed by atoms with van der Waals surface area (Å²) in [6, 6.07) is 1.50. The van der Waals surface area contributed by atoms with Crippen LogP contribution in [0.5, 0.6) is 0 Å². The van der Waals surface area contributed by atoms with Crippen molar-refractivity contribution in [1.29, 1.82) is 0 Å². The van der Waals surface area contributed by atoms with E-state index in [2.05, 4.69) is 59.2 Å². The maximum Gasteiger partial charge on any atom is 0.504 e. The second kappa shape index (κ2) is 19.6. The first kappa shape index (κ1) is 43.0. The molecule has 0 aromatic rings. The van der Waals surface area contributed by atoms with E-state index in [1.54, 1.807) is 34.6 Å². The lowest BCUT2D eigenvalue weighted by Crippen LogP contribution is -2.58. The largest absolute Gasteiger partial charge is 0.504 e. The maximum absolute atomic E-state index is 6.74. The third-order valence-electron chi connectivity index (χ3n) is 5.84. The molecule has 0 aromatic heterocycles. The number of ether oxygens (including phenoxy) is 2. The Bertz CT molecular complexity index is 1110. The van der Waals surface area contributed by atoms with Crippen molar-refractivity contribution in [3.8, 4) is 59.2 Å². The van der Waals surface area contributed by atoms with Gasteiger partial charge in [0.2, 0.25) is 9.76 Å². The Balaban J connectivity index is 5.56. The lowest BCUT2D eigenvalue weighted by Gasteiger charge is -2.42. The predicted molar refractivity (Wildman–Crippen MR) is 188 cm³/mol. The summed E-state index contributed by atoms with van der Waals surface area (Å²) >= 11 is 0. The van der Waals surface area contributed by atoms with E-state index < -0.39 is 43.3 Å². The van der Waals surface area contributed by atoms with Gasteiger partial charge in [-0.15, -0.1) is 29.6 Å². The van der Waals surface area contributed by atoms with Crippen molar-refractivity contribution < 1.29 is 27.2 Å². The first-order valence-electron chi connectivity index (χ1n) is 15.8. The van der Waals surface area contributed by atoms with Crippen LogP contribution in [0.15, 0.2) is 0 Å². The van der Waals surface area contributed by atoms with Gasteiger partial charge in [-0.1, -0.05) is 48.9 Å². The van der Waals surface area contributed by atoms with Crippen LogP contribution in [0.1, 0.15) is 130 Å². The van der Waals surface area contributed by atoms with Gasteiger partial charge in [-0.05, 0) is 116 Å². The molecule has 0 aliphatic carbocycles. The third-order valence-corrected chi connectivity index (χ3v) is 10.2. The van der Waals surface area contributed by atoms with E-state index in [1.807, 2.05) is 69.2 Å². The maximum atomic E-state index is 6.74. The van der Waals surface area contributed by atoms with Crippen molar-refractivity contribution in [3.63, 3.8) is 0 Å². The molecule has 0 amide bonds. The molecule has 0 heterocycles. The van der Waals surface area contributed by atoms with Crippen LogP contribution in [0.4, 0.5) is 0 Å². The van der Waals surface area contributed by atoms with Gasteiger partial charge in [0.25, 0.3) is 6.48 Å². The predicted octanol–water partition coefficient (Wildman–Crippen LogP) is 7.92. The number of unbranched alkanes of at least 4 members (excludes halogenated alkanes) is 3. The van der Waals surface area contributed by atoms with Crippen LogP contribution in [0.3, 0.4) is 0 Å². The van der Waals surface area contributed by atoms with Crippen LogP contribution >= 0.6 is 0 Å². The summed E-state index contributed by atoms with van der Waals surface area (Å²) in [4.78, 5) is 0. The summed E-state index contributed by atoms with van der Waals surface area (Å²) < 4.78 is 38.4. The van der Waals surface area contributed by atoms with E-state index in [0.29, 0.717) is 6.04 Å². The van der Waals surface area contributed by atoms with Gasteiger partial charge in [-0.25, -0.2) is 0 Å². The molecule has 0 bridgehead atoms. The van der Waals surface area contributed by atoms with Crippen molar-refractivity contribution in [2.75, 3.05) is 0 Å². The Morgan fingerprint density at radius 2 is 0.822 bits per heavy atom. The lowest BCUT2D eigenvalue weighted by molar-refractivity contribution is -0.301. The van der Waals surface area contributed by atoms with E-state index in [1.165, 1.54) is 0 Å². The van der Waals surface area contributed by atoms with Crippen LogP contribution in [-0.4, -0.2) is 53.0 Å². The molecule has 45 heavy (non-hydrogen) atoms. The average molecular weight is 655 g/mol. The van der Waals surface area contributed by atoms with Crippen molar-refractivity contribution in [1.82, 2.24) is 0 Å². The van der Waals surface area contributed by atoms with Gasteiger partial charge in [0.1, 0.15) is 28.0 Å². The van der Waals surface area contributed by atoms with Crippen LogP contribution in [0, 0.1) is 59.2 Å².